The van der Waals surface area contributed by atoms with Crippen molar-refractivity contribution in [3.63, 3.8) is 0 Å². The molecule has 0 fully saturated rings. The summed E-state index contributed by atoms with van der Waals surface area (Å²) >= 11 is 0. The van der Waals surface area contributed by atoms with E-state index in [9.17, 15) is 9.59 Å². The summed E-state index contributed by atoms with van der Waals surface area (Å²) in [5, 5.41) is 2.34. The predicted octanol–water partition coefficient (Wildman–Crippen LogP) is 4.47. The maximum atomic E-state index is 12.4. The van der Waals surface area contributed by atoms with Gasteiger partial charge in [0.1, 0.15) is 5.75 Å². The molecule has 0 radical (unpaired) electrons. The van der Waals surface area contributed by atoms with Crippen LogP contribution in [0, 0.1) is 0 Å². The number of likely N-dealkylation sites (N-methyl/N-ethyl adjacent to an activating group) is 1. The number of hydrogen-bond donors (Lipinski definition) is 0. The van der Waals surface area contributed by atoms with Crippen molar-refractivity contribution in [3.05, 3.63) is 77.9 Å². The zero-order chi connectivity index (χ0) is 19.2. The van der Waals surface area contributed by atoms with Gasteiger partial charge in [0.15, 0.2) is 12.4 Å². The van der Waals surface area contributed by atoms with Gasteiger partial charge in [-0.2, -0.15) is 0 Å². The number of carbonyl (C=O) groups excluding carboxylic acids is 2. The van der Waals surface area contributed by atoms with Crippen molar-refractivity contribution in [2.45, 2.75) is 19.9 Å². The Labute approximate surface area is 159 Å². The van der Waals surface area contributed by atoms with Crippen LogP contribution in [0.25, 0.3) is 10.8 Å². The van der Waals surface area contributed by atoms with Gasteiger partial charge >= 0.3 is 0 Å². The van der Waals surface area contributed by atoms with Gasteiger partial charge in [-0.3, -0.25) is 9.59 Å². The van der Waals surface area contributed by atoms with Crippen molar-refractivity contribution in [2.75, 3.05) is 13.7 Å². The molecule has 0 aliphatic rings. The second-order valence-corrected chi connectivity index (χ2v) is 6.52. The fourth-order valence-electron chi connectivity index (χ4n) is 2.90. The summed E-state index contributed by atoms with van der Waals surface area (Å²) in [5.41, 5.74) is 1.73. The van der Waals surface area contributed by atoms with Crippen molar-refractivity contribution in [1.82, 2.24) is 4.90 Å². The normalized spacial score (nSPS) is 10.6. The summed E-state index contributed by atoms with van der Waals surface area (Å²) in [5.74, 6) is 0.569. The van der Waals surface area contributed by atoms with Crippen LogP contribution in [0.5, 0.6) is 5.75 Å². The van der Waals surface area contributed by atoms with Gasteiger partial charge in [-0.25, -0.2) is 0 Å². The number of ether oxygens (including phenoxy) is 1. The van der Waals surface area contributed by atoms with Gasteiger partial charge in [0, 0.05) is 25.6 Å². The third-order valence-electron chi connectivity index (χ3n) is 4.52. The molecule has 0 aliphatic carbocycles. The molecular weight excluding hydrogens is 338 g/mol. The van der Waals surface area contributed by atoms with Gasteiger partial charge in [-0.05, 0) is 46.7 Å². The second-order valence-electron chi connectivity index (χ2n) is 6.52. The Bertz CT molecular complexity index is 947. The third kappa shape index (κ3) is 4.73. The molecule has 0 spiro atoms. The van der Waals surface area contributed by atoms with Crippen LogP contribution in [0.4, 0.5) is 0 Å². The lowest BCUT2D eigenvalue weighted by molar-refractivity contribution is -0.132. The molecule has 0 saturated heterocycles. The molecule has 3 aromatic rings. The van der Waals surface area contributed by atoms with Crippen molar-refractivity contribution in [2.24, 2.45) is 0 Å². The minimum Gasteiger partial charge on any atom is -0.484 e. The Kier molecular flexibility index (Phi) is 5.87. The van der Waals surface area contributed by atoms with Gasteiger partial charge in [-0.1, -0.05) is 43.3 Å². The Morgan fingerprint density at radius 1 is 0.926 bits per heavy atom. The van der Waals surface area contributed by atoms with E-state index in [4.69, 9.17) is 4.74 Å². The molecule has 1 amide bonds. The molecule has 3 aromatic carbocycles. The quantitative estimate of drug-likeness (QED) is 0.583. The monoisotopic (exact) mass is 361 g/mol. The zero-order valence-corrected chi connectivity index (χ0v) is 15.6. The molecule has 3 rings (SSSR count). The highest BCUT2D eigenvalue weighted by Crippen LogP contribution is 2.17. The van der Waals surface area contributed by atoms with Crippen molar-refractivity contribution in [3.8, 4) is 5.75 Å². The molecule has 0 aromatic heterocycles. The Hall–Kier alpha value is -3.14. The number of ketones is 1. The van der Waals surface area contributed by atoms with Crippen molar-refractivity contribution < 1.29 is 14.3 Å². The molecule has 4 heteroatoms. The predicted molar refractivity (Wildman–Crippen MR) is 107 cm³/mol. The smallest absolute Gasteiger partial charge is 0.260 e. The Morgan fingerprint density at radius 2 is 1.63 bits per heavy atom. The van der Waals surface area contributed by atoms with E-state index in [-0.39, 0.29) is 18.3 Å². The molecule has 0 bridgehead atoms. The number of Topliss-reactive ketones (excluding diaryl/α,β-unsaturated/α-hetero) is 1. The fourth-order valence-corrected chi connectivity index (χ4v) is 2.90. The molecule has 4 nitrogen and oxygen atoms in total. The van der Waals surface area contributed by atoms with E-state index in [2.05, 4.69) is 24.3 Å². The minimum absolute atomic E-state index is 0.0366. The van der Waals surface area contributed by atoms with Crippen LogP contribution in [-0.2, 0) is 11.3 Å². The van der Waals surface area contributed by atoms with E-state index in [1.807, 2.05) is 25.1 Å². The number of benzene rings is 3. The highest BCUT2D eigenvalue weighted by atomic mass is 16.5. The summed E-state index contributed by atoms with van der Waals surface area (Å²) < 4.78 is 5.56. The maximum absolute atomic E-state index is 12.4. The van der Waals surface area contributed by atoms with E-state index >= 15 is 0 Å². The van der Waals surface area contributed by atoms with Crippen LogP contribution >= 0.6 is 0 Å². The molecule has 0 saturated carbocycles. The largest absolute Gasteiger partial charge is 0.484 e. The SMILES string of the molecule is CCC(=O)c1ccc(OCC(=O)N(C)Cc2ccc3ccccc3c2)cc1. The van der Waals surface area contributed by atoms with Crippen LogP contribution in [0.2, 0.25) is 0 Å². The lowest BCUT2D eigenvalue weighted by Crippen LogP contribution is -2.30. The van der Waals surface area contributed by atoms with Crippen LogP contribution < -0.4 is 4.74 Å². The first kappa shape index (κ1) is 18.6. The van der Waals surface area contributed by atoms with Crippen molar-refractivity contribution >= 4 is 22.5 Å². The number of fused-ring (bicyclic) bond motifs is 1. The first-order valence-electron chi connectivity index (χ1n) is 9.04. The van der Waals surface area contributed by atoms with E-state index in [1.54, 1.807) is 36.2 Å². The van der Waals surface area contributed by atoms with Gasteiger partial charge in [0.05, 0.1) is 0 Å². The lowest BCUT2D eigenvalue weighted by Gasteiger charge is -2.18. The molecular formula is C23H23NO3. The third-order valence-corrected chi connectivity index (χ3v) is 4.52. The first-order valence-corrected chi connectivity index (χ1v) is 9.04. The summed E-state index contributed by atoms with van der Waals surface area (Å²) in [6, 6.07) is 21.3. The minimum atomic E-state index is -0.100. The number of amides is 1. The Balaban J connectivity index is 1.56. The van der Waals surface area contributed by atoms with E-state index in [0.29, 0.717) is 24.3 Å². The number of carbonyl (C=O) groups is 2. The van der Waals surface area contributed by atoms with Crippen LogP contribution in [0.15, 0.2) is 66.7 Å². The van der Waals surface area contributed by atoms with Gasteiger partial charge in [0.25, 0.3) is 5.91 Å². The summed E-state index contributed by atoms with van der Waals surface area (Å²) in [6.45, 7) is 2.32. The average molecular weight is 361 g/mol. The van der Waals surface area contributed by atoms with Gasteiger partial charge < -0.3 is 9.64 Å². The first-order chi connectivity index (χ1) is 13.1. The molecule has 0 unspecified atom stereocenters. The van der Waals surface area contributed by atoms with Crippen molar-refractivity contribution in [1.29, 1.82) is 0 Å². The van der Waals surface area contributed by atoms with Crippen LogP contribution in [-0.4, -0.2) is 30.2 Å². The topological polar surface area (TPSA) is 46.6 Å². The number of rotatable bonds is 7. The number of nitrogens with zero attached hydrogens (tertiary/aromatic N) is 1. The van der Waals surface area contributed by atoms with E-state index < -0.39 is 0 Å². The van der Waals surface area contributed by atoms with Crippen LogP contribution in [0.1, 0.15) is 29.3 Å². The maximum Gasteiger partial charge on any atom is 0.260 e. The molecule has 27 heavy (non-hydrogen) atoms. The number of hydrogen-bond acceptors (Lipinski definition) is 3. The highest BCUT2D eigenvalue weighted by molar-refractivity contribution is 5.95. The molecule has 0 N–H and O–H groups in total. The zero-order valence-electron chi connectivity index (χ0n) is 15.6. The van der Waals surface area contributed by atoms with E-state index in [0.717, 1.165) is 10.9 Å². The molecule has 138 valence electrons. The molecule has 0 aliphatic heterocycles. The summed E-state index contributed by atoms with van der Waals surface area (Å²) in [6.07, 6.45) is 0.470. The molecule has 0 heterocycles. The second kappa shape index (κ2) is 8.49. The standard InChI is InChI=1S/C23H23NO3/c1-3-22(25)19-10-12-21(13-11-19)27-16-23(26)24(2)15-17-8-9-18-6-4-5-7-20(18)14-17/h4-14H,3,15-16H2,1-2H3. The highest BCUT2D eigenvalue weighted by Gasteiger charge is 2.11. The van der Waals surface area contributed by atoms with Gasteiger partial charge in [-0.15, -0.1) is 0 Å². The lowest BCUT2D eigenvalue weighted by atomic mass is 10.1. The van der Waals surface area contributed by atoms with Crippen LogP contribution in [0.3, 0.4) is 0 Å². The fraction of sp³-hybridized carbons (Fsp3) is 0.217. The average Bonchev–Trinajstić information content (AvgIpc) is 2.71. The van der Waals surface area contributed by atoms with Gasteiger partial charge in [0.2, 0.25) is 0 Å². The summed E-state index contributed by atoms with van der Waals surface area (Å²) in [4.78, 5) is 25.6. The van der Waals surface area contributed by atoms with E-state index in [1.165, 1.54) is 5.39 Å². The molecule has 0 atom stereocenters. The Morgan fingerprint density at radius 3 is 2.33 bits per heavy atom. The summed E-state index contributed by atoms with van der Waals surface area (Å²) in [7, 11) is 1.77.